The van der Waals surface area contributed by atoms with Crippen molar-refractivity contribution in [3.05, 3.63) is 51.7 Å². The van der Waals surface area contributed by atoms with Crippen molar-refractivity contribution in [2.45, 2.75) is 13.8 Å². The van der Waals surface area contributed by atoms with Gasteiger partial charge >= 0.3 is 0 Å². The first kappa shape index (κ1) is 17.1. The summed E-state index contributed by atoms with van der Waals surface area (Å²) in [7, 11) is 1.48. The third-order valence-electron chi connectivity index (χ3n) is 4.50. The van der Waals surface area contributed by atoms with E-state index in [-0.39, 0.29) is 11.6 Å². The van der Waals surface area contributed by atoms with Crippen LogP contribution in [0.25, 0.3) is 17.2 Å². The number of nitriles is 2. The number of nitrogens with two attached hydrogens (primary N) is 1. The van der Waals surface area contributed by atoms with E-state index in [0.717, 1.165) is 22.3 Å². The van der Waals surface area contributed by atoms with Crippen LogP contribution in [0.4, 0.5) is 5.82 Å². The Bertz CT molecular complexity index is 1080. The van der Waals surface area contributed by atoms with Crippen LogP contribution < -0.4 is 10.5 Å². The molecule has 2 aromatic rings. The minimum absolute atomic E-state index is 0.0204. The summed E-state index contributed by atoms with van der Waals surface area (Å²) in [5.41, 5.74) is 10.8. The molecule has 0 aliphatic heterocycles. The Morgan fingerprint density at radius 3 is 2.54 bits per heavy atom. The first-order valence-corrected chi connectivity index (χ1v) is 7.83. The summed E-state index contributed by atoms with van der Waals surface area (Å²) in [5.74, 6) is 0.515. The van der Waals surface area contributed by atoms with Gasteiger partial charge in [-0.25, -0.2) is 4.98 Å². The average Bonchev–Trinajstić information content (AvgIpc) is 2.86. The number of methoxy groups -OCH3 is 1. The van der Waals surface area contributed by atoms with Gasteiger partial charge in [0.25, 0.3) is 0 Å². The van der Waals surface area contributed by atoms with Crippen LogP contribution in [0, 0.1) is 29.6 Å². The highest BCUT2D eigenvalue weighted by Crippen LogP contribution is 2.44. The molecular formula is C20H16N4O2. The number of anilines is 1. The van der Waals surface area contributed by atoms with Crippen molar-refractivity contribution in [2.24, 2.45) is 0 Å². The number of aromatic hydroxyl groups is 1. The normalized spacial score (nSPS) is 14.1. The highest BCUT2D eigenvalue weighted by Gasteiger charge is 2.29. The van der Waals surface area contributed by atoms with Gasteiger partial charge in [-0.05, 0) is 54.3 Å². The fourth-order valence-corrected chi connectivity index (χ4v) is 3.16. The maximum absolute atomic E-state index is 10.0. The van der Waals surface area contributed by atoms with Crippen LogP contribution in [-0.4, -0.2) is 17.2 Å². The maximum atomic E-state index is 10.0. The van der Waals surface area contributed by atoms with Gasteiger partial charge in [-0.1, -0.05) is 6.07 Å². The molecule has 3 rings (SSSR count). The second-order valence-corrected chi connectivity index (χ2v) is 5.93. The number of hydrogen-bond acceptors (Lipinski definition) is 6. The predicted octanol–water partition coefficient (Wildman–Crippen LogP) is 3.41. The molecule has 0 fully saturated rings. The molecule has 3 N–H and O–H groups in total. The minimum atomic E-state index is 0.0204. The van der Waals surface area contributed by atoms with Crippen molar-refractivity contribution in [1.29, 1.82) is 10.5 Å². The van der Waals surface area contributed by atoms with Crippen LogP contribution >= 0.6 is 0 Å². The molecule has 1 aromatic heterocycles. The monoisotopic (exact) mass is 344 g/mol. The van der Waals surface area contributed by atoms with E-state index in [9.17, 15) is 15.6 Å². The number of ether oxygens (including phenoxy) is 1. The topological polar surface area (TPSA) is 116 Å². The highest BCUT2D eigenvalue weighted by atomic mass is 16.5. The van der Waals surface area contributed by atoms with Crippen LogP contribution in [0.3, 0.4) is 0 Å². The molecule has 0 unspecified atom stereocenters. The summed E-state index contributed by atoms with van der Waals surface area (Å²) in [5, 5.41) is 28.9. The number of benzene rings is 1. The number of nitrogens with zero attached hydrogens (tertiary/aromatic N) is 3. The fourth-order valence-electron chi connectivity index (χ4n) is 3.16. The van der Waals surface area contributed by atoms with E-state index >= 15 is 0 Å². The zero-order valence-corrected chi connectivity index (χ0v) is 14.6. The predicted molar refractivity (Wildman–Crippen MR) is 98.8 cm³/mol. The van der Waals surface area contributed by atoms with E-state index in [4.69, 9.17) is 10.5 Å². The van der Waals surface area contributed by atoms with E-state index in [2.05, 4.69) is 17.1 Å². The van der Waals surface area contributed by atoms with Gasteiger partial charge in [0, 0.05) is 5.56 Å². The van der Waals surface area contributed by atoms with Crippen molar-refractivity contribution in [1.82, 2.24) is 4.98 Å². The van der Waals surface area contributed by atoms with E-state index in [0.29, 0.717) is 28.1 Å². The molecule has 0 spiro atoms. The summed E-state index contributed by atoms with van der Waals surface area (Å²) in [6.07, 6.45) is 1.85. The quantitative estimate of drug-likeness (QED) is 0.862. The lowest BCUT2D eigenvalue weighted by atomic mass is 9.95. The number of aromatic nitrogens is 1. The number of pyridine rings is 1. The third kappa shape index (κ3) is 2.45. The Balaban J connectivity index is 2.28. The molecule has 0 bridgehead atoms. The van der Waals surface area contributed by atoms with Crippen molar-refractivity contribution >= 4 is 23.0 Å². The van der Waals surface area contributed by atoms with Crippen LogP contribution in [0.1, 0.15) is 34.9 Å². The Hall–Kier alpha value is -3.77. The van der Waals surface area contributed by atoms with Crippen LogP contribution in [-0.2, 0) is 0 Å². The molecule has 0 radical (unpaired) electrons. The lowest BCUT2D eigenvalue weighted by Gasteiger charge is -2.11. The van der Waals surface area contributed by atoms with Gasteiger partial charge < -0.3 is 15.6 Å². The number of hydrogen-bond donors (Lipinski definition) is 2. The van der Waals surface area contributed by atoms with Gasteiger partial charge in [0.1, 0.15) is 18.0 Å². The summed E-state index contributed by atoms with van der Waals surface area (Å²) in [4.78, 5) is 4.29. The fraction of sp³-hybridized carbons (Fsp3) is 0.150. The van der Waals surface area contributed by atoms with Gasteiger partial charge in [0.2, 0.25) is 0 Å². The zero-order chi connectivity index (χ0) is 19.0. The largest absolute Gasteiger partial charge is 0.504 e. The molecule has 6 nitrogen and oxygen atoms in total. The molecule has 6 heteroatoms. The minimum Gasteiger partial charge on any atom is -0.504 e. The van der Waals surface area contributed by atoms with Crippen LogP contribution in [0.5, 0.6) is 11.5 Å². The molecular weight excluding hydrogens is 328 g/mol. The van der Waals surface area contributed by atoms with E-state index in [1.165, 1.54) is 7.11 Å². The molecule has 1 heterocycles. The highest BCUT2D eigenvalue weighted by molar-refractivity contribution is 6.08. The Morgan fingerprint density at radius 2 is 1.96 bits per heavy atom. The third-order valence-corrected chi connectivity index (χ3v) is 4.50. The average molecular weight is 344 g/mol. The lowest BCUT2D eigenvalue weighted by Crippen LogP contribution is -2.03. The second-order valence-electron chi connectivity index (χ2n) is 5.93. The molecule has 0 saturated carbocycles. The van der Waals surface area contributed by atoms with E-state index in [1.54, 1.807) is 25.1 Å². The first-order chi connectivity index (χ1) is 12.4. The van der Waals surface area contributed by atoms with Gasteiger partial charge in [0.15, 0.2) is 11.5 Å². The molecule has 128 valence electrons. The Labute approximate surface area is 151 Å². The number of rotatable bonds is 2. The van der Waals surface area contributed by atoms with Crippen molar-refractivity contribution < 1.29 is 9.84 Å². The van der Waals surface area contributed by atoms with Crippen molar-refractivity contribution in [2.75, 3.05) is 12.8 Å². The molecule has 1 aliphatic rings. The molecule has 0 atom stereocenters. The molecule has 1 aromatic carbocycles. The number of nitrogen functional groups attached to an aromatic ring is 1. The number of phenols is 1. The molecule has 0 amide bonds. The van der Waals surface area contributed by atoms with Crippen LogP contribution in [0.15, 0.2) is 23.8 Å². The Morgan fingerprint density at radius 1 is 1.23 bits per heavy atom. The smallest absolute Gasteiger partial charge is 0.160 e. The maximum Gasteiger partial charge on any atom is 0.160 e. The molecule has 0 saturated heterocycles. The van der Waals surface area contributed by atoms with Gasteiger partial charge in [-0.15, -0.1) is 0 Å². The van der Waals surface area contributed by atoms with E-state index < -0.39 is 0 Å². The lowest BCUT2D eigenvalue weighted by molar-refractivity contribution is 0.373. The number of allylic oxidation sites excluding steroid dienone is 3. The first-order valence-electron chi connectivity index (χ1n) is 7.83. The summed E-state index contributed by atoms with van der Waals surface area (Å²) < 4.78 is 5.06. The van der Waals surface area contributed by atoms with Gasteiger partial charge in [0.05, 0.1) is 23.9 Å². The van der Waals surface area contributed by atoms with Crippen molar-refractivity contribution in [3.8, 4) is 23.6 Å². The number of phenolic OH excluding ortho intramolecular Hbond substituents is 1. The Kier molecular flexibility index (Phi) is 4.11. The molecule has 26 heavy (non-hydrogen) atoms. The molecule has 1 aliphatic carbocycles. The van der Waals surface area contributed by atoms with Crippen LogP contribution in [0.2, 0.25) is 0 Å². The van der Waals surface area contributed by atoms with Gasteiger partial charge in [-0.3, -0.25) is 0 Å². The zero-order valence-electron chi connectivity index (χ0n) is 14.6. The van der Waals surface area contributed by atoms with Crippen molar-refractivity contribution in [3.63, 3.8) is 0 Å². The summed E-state index contributed by atoms with van der Waals surface area (Å²) in [6, 6.07) is 9.29. The number of fused-ring (bicyclic) bond motifs is 1. The SMILES string of the molecule is COc1ccc(C=C2C(C)=C(C#N)c3nc(N)c(C#N)c(C)c32)cc1O. The van der Waals surface area contributed by atoms with E-state index in [1.807, 2.05) is 13.0 Å². The standard InChI is InChI=1S/C20H16N4O2/c1-10-13(6-12-4-5-17(26-3)16(25)7-12)18-11(2)15(9-22)20(23)24-19(18)14(10)8-21/h4-7,25H,1-3H3,(H2,23,24). The summed E-state index contributed by atoms with van der Waals surface area (Å²) in [6.45, 7) is 3.62. The second kappa shape index (κ2) is 6.27. The van der Waals surface area contributed by atoms with Gasteiger partial charge in [-0.2, -0.15) is 10.5 Å². The summed E-state index contributed by atoms with van der Waals surface area (Å²) >= 11 is 0.